The molecule has 1 amide bonds. The Morgan fingerprint density at radius 3 is 2.74 bits per heavy atom. The highest BCUT2D eigenvalue weighted by Crippen LogP contribution is 2.29. The van der Waals surface area contributed by atoms with E-state index in [1.54, 1.807) is 35.2 Å². The molecule has 6 nitrogen and oxygen atoms in total. The van der Waals surface area contributed by atoms with E-state index in [1.165, 1.54) is 6.07 Å². The fourth-order valence-electron chi connectivity index (χ4n) is 3.13. The SMILES string of the molecule is CC1Cn2c(nnc2-c2cccc(F)n2)CN1C(=O)c1cccc(Cl)c1Cl. The molecule has 0 saturated heterocycles. The third-order valence-electron chi connectivity index (χ3n) is 4.51. The first kappa shape index (κ1) is 17.9. The number of hydrogen-bond acceptors (Lipinski definition) is 4. The number of fused-ring (bicyclic) bond motifs is 1. The monoisotopic (exact) mass is 405 g/mol. The Bertz CT molecular complexity index is 1040. The molecule has 1 aliphatic heterocycles. The highest BCUT2D eigenvalue weighted by atomic mass is 35.5. The minimum Gasteiger partial charge on any atom is -0.327 e. The first-order valence-electron chi connectivity index (χ1n) is 8.25. The van der Waals surface area contributed by atoms with Gasteiger partial charge in [-0.1, -0.05) is 35.3 Å². The minimum atomic E-state index is -0.582. The number of carbonyl (C=O) groups excluding carboxylic acids is 1. The van der Waals surface area contributed by atoms with E-state index in [0.29, 0.717) is 34.5 Å². The van der Waals surface area contributed by atoms with Gasteiger partial charge in [0.15, 0.2) is 11.6 Å². The maximum Gasteiger partial charge on any atom is 0.256 e. The predicted molar refractivity (Wildman–Crippen MR) is 99.0 cm³/mol. The third-order valence-corrected chi connectivity index (χ3v) is 5.32. The van der Waals surface area contributed by atoms with Crippen LogP contribution in [-0.4, -0.2) is 36.6 Å². The van der Waals surface area contributed by atoms with Crippen LogP contribution in [0.2, 0.25) is 10.0 Å². The lowest BCUT2D eigenvalue weighted by atomic mass is 10.1. The average Bonchev–Trinajstić information content (AvgIpc) is 3.05. The zero-order valence-corrected chi connectivity index (χ0v) is 15.7. The van der Waals surface area contributed by atoms with Crippen molar-refractivity contribution in [3.63, 3.8) is 0 Å². The molecule has 27 heavy (non-hydrogen) atoms. The van der Waals surface area contributed by atoms with E-state index in [-0.39, 0.29) is 23.5 Å². The van der Waals surface area contributed by atoms with Gasteiger partial charge in [0, 0.05) is 12.6 Å². The Morgan fingerprint density at radius 2 is 1.96 bits per heavy atom. The topological polar surface area (TPSA) is 63.9 Å². The number of halogens is 3. The summed E-state index contributed by atoms with van der Waals surface area (Å²) >= 11 is 12.2. The standard InChI is InChI=1S/C18H14Cl2FN5O/c1-10-8-26-15(23-24-17(26)13-6-3-7-14(21)22-13)9-25(10)18(27)11-4-2-5-12(19)16(11)20/h2-7,10H,8-9H2,1H3. The molecule has 0 radical (unpaired) electrons. The van der Waals surface area contributed by atoms with Crippen LogP contribution in [0.15, 0.2) is 36.4 Å². The highest BCUT2D eigenvalue weighted by molar-refractivity contribution is 6.43. The second kappa shape index (κ2) is 6.90. The van der Waals surface area contributed by atoms with E-state index >= 15 is 0 Å². The molecule has 1 aromatic carbocycles. The van der Waals surface area contributed by atoms with E-state index in [2.05, 4.69) is 15.2 Å². The Hall–Kier alpha value is -2.51. The van der Waals surface area contributed by atoms with E-state index in [1.807, 2.05) is 11.5 Å². The third kappa shape index (κ3) is 3.17. The summed E-state index contributed by atoms with van der Waals surface area (Å²) in [5.41, 5.74) is 0.745. The summed E-state index contributed by atoms with van der Waals surface area (Å²) in [4.78, 5) is 18.5. The van der Waals surface area contributed by atoms with Gasteiger partial charge in [0.05, 0.1) is 22.2 Å². The molecule has 9 heteroatoms. The normalized spacial score (nSPS) is 16.3. The highest BCUT2D eigenvalue weighted by Gasteiger charge is 2.32. The molecule has 1 aliphatic rings. The molecular formula is C18H14Cl2FN5O. The van der Waals surface area contributed by atoms with Crippen molar-refractivity contribution in [2.24, 2.45) is 0 Å². The summed E-state index contributed by atoms with van der Waals surface area (Å²) in [6, 6.07) is 9.33. The fourth-order valence-corrected chi connectivity index (χ4v) is 3.51. The van der Waals surface area contributed by atoms with Gasteiger partial charge in [-0.2, -0.15) is 4.39 Å². The number of nitrogens with zero attached hydrogens (tertiary/aromatic N) is 5. The van der Waals surface area contributed by atoms with Crippen molar-refractivity contribution in [1.82, 2.24) is 24.6 Å². The van der Waals surface area contributed by atoms with E-state index in [4.69, 9.17) is 23.2 Å². The molecule has 1 unspecified atom stereocenters. The smallest absolute Gasteiger partial charge is 0.256 e. The largest absolute Gasteiger partial charge is 0.327 e. The van der Waals surface area contributed by atoms with E-state index in [9.17, 15) is 9.18 Å². The lowest BCUT2D eigenvalue weighted by Gasteiger charge is -2.34. The summed E-state index contributed by atoms with van der Waals surface area (Å²) in [5.74, 6) is 0.265. The van der Waals surface area contributed by atoms with Gasteiger partial charge in [-0.25, -0.2) is 4.98 Å². The van der Waals surface area contributed by atoms with Crippen molar-refractivity contribution in [3.8, 4) is 11.5 Å². The van der Waals surface area contributed by atoms with Gasteiger partial charge in [0.1, 0.15) is 5.69 Å². The van der Waals surface area contributed by atoms with Crippen LogP contribution in [0, 0.1) is 5.95 Å². The average molecular weight is 406 g/mol. The van der Waals surface area contributed by atoms with E-state index in [0.717, 1.165) is 0 Å². The molecule has 0 aliphatic carbocycles. The zero-order valence-electron chi connectivity index (χ0n) is 14.2. The lowest BCUT2D eigenvalue weighted by Crippen LogP contribution is -2.45. The summed E-state index contributed by atoms with van der Waals surface area (Å²) in [6.07, 6.45) is 0. The van der Waals surface area contributed by atoms with Gasteiger partial charge in [0.25, 0.3) is 5.91 Å². The molecule has 3 heterocycles. The van der Waals surface area contributed by atoms with Crippen molar-refractivity contribution < 1.29 is 9.18 Å². The number of hydrogen-bond donors (Lipinski definition) is 0. The molecule has 3 aromatic rings. The van der Waals surface area contributed by atoms with E-state index < -0.39 is 5.95 Å². The van der Waals surface area contributed by atoms with Crippen LogP contribution in [-0.2, 0) is 13.1 Å². The number of rotatable bonds is 2. The van der Waals surface area contributed by atoms with Crippen LogP contribution in [0.1, 0.15) is 23.1 Å². The minimum absolute atomic E-state index is 0.150. The number of aromatic nitrogens is 4. The number of benzene rings is 1. The van der Waals surface area contributed by atoms with Crippen LogP contribution < -0.4 is 0 Å². The van der Waals surface area contributed by atoms with Crippen molar-refractivity contribution in [2.45, 2.75) is 26.1 Å². The molecule has 0 fully saturated rings. The molecule has 0 spiro atoms. The Labute approximate surface area is 164 Å². The zero-order chi connectivity index (χ0) is 19.1. The van der Waals surface area contributed by atoms with Crippen LogP contribution in [0.3, 0.4) is 0 Å². The van der Waals surface area contributed by atoms with Gasteiger partial charge in [-0.05, 0) is 31.2 Å². The van der Waals surface area contributed by atoms with Crippen molar-refractivity contribution >= 4 is 29.1 Å². The molecule has 2 aromatic heterocycles. The van der Waals surface area contributed by atoms with Crippen LogP contribution >= 0.6 is 23.2 Å². The van der Waals surface area contributed by atoms with Crippen molar-refractivity contribution in [2.75, 3.05) is 0 Å². The van der Waals surface area contributed by atoms with Crippen LogP contribution in [0.5, 0.6) is 0 Å². The summed E-state index contributed by atoms with van der Waals surface area (Å²) < 4.78 is 15.3. The molecular weight excluding hydrogens is 392 g/mol. The molecule has 1 atom stereocenters. The predicted octanol–water partition coefficient (Wildman–Crippen LogP) is 3.83. The Morgan fingerprint density at radius 1 is 1.19 bits per heavy atom. The maximum atomic E-state index is 13.4. The maximum absolute atomic E-state index is 13.4. The Balaban J connectivity index is 1.67. The van der Waals surface area contributed by atoms with Gasteiger partial charge in [-0.15, -0.1) is 10.2 Å². The molecule has 0 saturated carbocycles. The number of amides is 1. The number of pyridine rings is 1. The van der Waals surface area contributed by atoms with Crippen LogP contribution in [0.4, 0.5) is 4.39 Å². The van der Waals surface area contributed by atoms with Gasteiger partial charge < -0.3 is 9.47 Å². The molecule has 4 rings (SSSR count). The second-order valence-corrected chi connectivity index (χ2v) is 7.06. The summed E-state index contributed by atoms with van der Waals surface area (Å²) in [5, 5.41) is 8.86. The first-order valence-corrected chi connectivity index (χ1v) is 9.01. The lowest BCUT2D eigenvalue weighted by molar-refractivity contribution is 0.0612. The van der Waals surface area contributed by atoms with Gasteiger partial charge in [-0.3, -0.25) is 4.79 Å². The van der Waals surface area contributed by atoms with Crippen LogP contribution in [0.25, 0.3) is 11.5 Å². The quantitative estimate of drug-likeness (QED) is 0.607. The molecule has 0 bridgehead atoms. The van der Waals surface area contributed by atoms with Crippen molar-refractivity contribution in [3.05, 3.63) is 63.8 Å². The molecule has 0 N–H and O–H groups in total. The number of carbonyl (C=O) groups is 1. The van der Waals surface area contributed by atoms with Gasteiger partial charge in [0.2, 0.25) is 5.95 Å². The first-order chi connectivity index (χ1) is 13.0. The molecule has 138 valence electrons. The Kier molecular flexibility index (Phi) is 4.57. The summed E-state index contributed by atoms with van der Waals surface area (Å²) in [6.45, 7) is 2.63. The van der Waals surface area contributed by atoms with Gasteiger partial charge >= 0.3 is 0 Å². The fraction of sp³-hybridized carbons (Fsp3) is 0.222. The summed E-state index contributed by atoms with van der Waals surface area (Å²) in [7, 11) is 0. The van der Waals surface area contributed by atoms with Crippen molar-refractivity contribution in [1.29, 1.82) is 0 Å². The second-order valence-electron chi connectivity index (χ2n) is 6.28.